The van der Waals surface area contributed by atoms with Gasteiger partial charge in [-0.2, -0.15) is 0 Å². The van der Waals surface area contributed by atoms with Gasteiger partial charge in [-0.15, -0.1) is 17.0 Å². The molecule has 0 heterocycles. The van der Waals surface area contributed by atoms with Gasteiger partial charge in [-0.25, -0.2) is 17.2 Å². The number of ether oxygens (including phenoxy) is 2. The van der Waals surface area contributed by atoms with Crippen LogP contribution in [0.4, 0.5) is 14.5 Å². The van der Waals surface area contributed by atoms with Crippen molar-refractivity contribution in [3.63, 3.8) is 0 Å². The molecule has 0 aliphatic carbocycles. The molecule has 3 rings (SSSR count). The molecule has 0 aromatic heterocycles. The molecule has 0 saturated carbocycles. The summed E-state index contributed by atoms with van der Waals surface area (Å²) >= 11 is 0. The zero-order chi connectivity index (χ0) is 24.9. The van der Waals surface area contributed by atoms with Gasteiger partial charge in [-0.1, -0.05) is 23.8 Å². The molecule has 0 aliphatic heterocycles. The van der Waals surface area contributed by atoms with Gasteiger partial charge in [-0.05, 0) is 49.9 Å². The van der Waals surface area contributed by atoms with Gasteiger partial charge in [0.05, 0.1) is 24.8 Å². The number of likely N-dealkylation sites (N-methyl/N-ethyl adjacent to an activating group) is 1. The number of sulfonamides is 1. The van der Waals surface area contributed by atoms with E-state index in [1.165, 1.54) is 54.9 Å². The molecular weight excluding hydrogens is 542 g/mol. The smallest absolute Gasteiger partial charge is 0.264 e. The molecule has 0 spiro atoms. The molecule has 35 heavy (non-hydrogen) atoms. The third-order valence-corrected chi connectivity index (χ3v) is 7.25. The Kier molecular flexibility index (Phi) is 10.1. The van der Waals surface area contributed by atoms with Crippen LogP contribution in [0.15, 0.2) is 59.5 Å². The number of rotatable bonds is 10. The van der Waals surface area contributed by atoms with E-state index in [1.54, 1.807) is 25.2 Å². The van der Waals surface area contributed by atoms with E-state index in [2.05, 4.69) is 5.32 Å². The second-order valence-electron chi connectivity index (χ2n) is 7.71. The summed E-state index contributed by atoms with van der Waals surface area (Å²) in [6.07, 6.45) is -0.104. The molecule has 0 atom stereocenters. The van der Waals surface area contributed by atoms with Gasteiger partial charge >= 0.3 is 0 Å². The molecule has 0 bridgehead atoms. The summed E-state index contributed by atoms with van der Waals surface area (Å²) in [4.78, 5) is 0.00449. The highest BCUT2D eigenvalue weighted by Crippen LogP contribution is 2.34. The van der Waals surface area contributed by atoms with Crippen LogP contribution in [-0.2, 0) is 16.4 Å². The first-order chi connectivity index (χ1) is 16.2. The zero-order valence-corrected chi connectivity index (χ0v) is 22.5. The van der Waals surface area contributed by atoms with Crippen molar-refractivity contribution in [2.75, 3.05) is 38.7 Å². The van der Waals surface area contributed by atoms with Crippen LogP contribution in [0.3, 0.4) is 0 Å². The molecule has 0 aliphatic rings. The Bertz CT molecular complexity index is 1250. The molecule has 3 aromatic rings. The van der Waals surface area contributed by atoms with Crippen molar-refractivity contribution in [3.05, 3.63) is 82.9 Å². The summed E-state index contributed by atoms with van der Waals surface area (Å²) in [6.45, 7) is 2.29. The fourth-order valence-corrected chi connectivity index (χ4v) is 5.20. The lowest BCUT2D eigenvalue weighted by Crippen LogP contribution is -2.37. The maximum absolute atomic E-state index is 14.4. The summed E-state index contributed by atoms with van der Waals surface area (Å²) in [5.41, 5.74) is 1.56. The Morgan fingerprint density at radius 2 is 1.60 bits per heavy atom. The standard InChI is InChI=1S/C25H28F2N2O4S.BrH/c1-17-8-10-23(18(14-17)15-20-21(26)6-5-7-22(20)27)29(13-12-28-2)34(30,31)19-9-11-24(32-3)25(16-19)33-4;/h5-11,14,16,28H,12-13,15H2,1-4H3;1H. The van der Waals surface area contributed by atoms with Gasteiger partial charge in [-0.3, -0.25) is 4.31 Å². The summed E-state index contributed by atoms with van der Waals surface area (Å²) in [7, 11) is 0.541. The van der Waals surface area contributed by atoms with Gasteiger partial charge in [0.25, 0.3) is 10.0 Å². The fourth-order valence-electron chi connectivity index (χ4n) is 3.68. The van der Waals surface area contributed by atoms with Gasteiger partial charge in [0.15, 0.2) is 11.5 Å². The van der Waals surface area contributed by atoms with Gasteiger partial charge in [0, 0.05) is 31.1 Å². The number of nitrogens with zero attached hydrogens (tertiary/aromatic N) is 1. The summed E-state index contributed by atoms with van der Waals surface area (Å²) < 4.78 is 68.2. The Balaban J connectivity index is 0.00000432. The van der Waals surface area contributed by atoms with Crippen LogP contribution in [-0.4, -0.2) is 42.8 Å². The Morgan fingerprint density at radius 3 is 2.20 bits per heavy atom. The van der Waals surface area contributed by atoms with E-state index in [4.69, 9.17) is 9.47 Å². The number of methoxy groups -OCH3 is 2. The number of hydrogen-bond donors (Lipinski definition) is 1. The monoisotopic (exact) mass is 570 g/mol. The van der Waals surface area contributed by atoms with Crippen LogP contribution in [0.2, 0.25) is 0 Å². The van der Waals surface area contributed by atoms with E-state index in [9.17, 15) is 17.2 Å². The van der Waals surface area contributed by atoms with Crippen LogP contribution in [0.1, 0.15) is 16.7 Å². The largest absolute Gasteiger partial charge is 0.493 e. The fraction of sp³-hybridized carbons (Fsp3) is 0.280. The molecule has 0 fully saturated rings. The minimum atomic E-state index is -4.06. The van der Waals surface area contributed by atoms with Crippen molar-refractivity contribution < 1.29 is 26.7 Å². The van der Waals surface area contributed by atoms with Crippen LogP contribution in [0.25, 0.3) is 0 Å². The van der Waals surface area contributed by atoms with Crippen molar-refractivity contribution in [1.82, 2.24) is 5.32 Å². The van der Waals surface area contributed by atoms with Crippen LogP contribution < -0.4 is 19.1 Å². The summed E-state index contributed by atoms with van der Waals surface area (Å²) in [5.74, 6) is -0.696. The molecule has 0 saturated heterocycles. The number of nitrogens with one attached hydrogen (secondary N) is 1. The van der Waals surface area contributed by atoms with Gasteiger partial charge in [0.1, 0.15) is 11.6 Å². The van der Waals surface area contributed by atoms with Crippen molar-refractivity contribution in [1.29, 1.82) is 0 Å². The van der Waals surface area contributed by atoms with Crippen LogP contribution >= 0.6 is 17.0 Å². The normalized spacial score (nSPS) is 11.0. The number of hydrogen-bond acceptors (Lipinski definition) is 5. The molecule has 1 N–H and O–H groups in total. The van der Waals surface area contributed by atoms with Crippen molar-refractivity contribution >= 4 is 32.7 Å². The number of benzene rings is 3. The van der Waals surface area contributed by atoms with Crippen molar-refractivity contribution in [2.45, 2.75) is 18.2 Å². The Morgan fingerprint density at radius 1 is 0.943 bits per heavy atom. The minimum Gasteiger partial charge on any atom is -0.493 e. The summed E-state index contributed by atoms with van der Waals surface area (Å²) in [6, 6.07) is 13.2. The van der Waals surface area contributed by atoms with E-state index in [0.29, 0.717) is 23.5 Å². The van der Waals surface area contributed by atoms with E-state index in [1.807, 2.05) is 6.92 Å². The third kappa shape index (κ3) is 6.31. The highest BCUT2D eigenvalue weighted by molar-refractivity contribution is 8.93. The summed E-state index contributed by atoms with van der Waals surface area (Å²) in [5, 5.41) is 2.96. The Labute approximate surface area is 215 Å². The predicted octanol–water partition coefficient (Wildman–Crippen LogP) is 4.87. The SMILES string of the molecule is Br.CNCCN(c1ccc(C)cc1Cc1c(F)cccc1F)S(=O)(=O)c1ccc(OC)c(OC)c1. The maximum Gasteiger partial charge on any atom is 0.264 e. The van der Waals surface area contributed by atoms with Crippen LogP contribution in [0, 0.1) is 18.6 Å². The number of anilines is 1. The highest BCUT2D eigenvalue weighted by Gasteiger charge is 2.28. The molecule has 10 heteroatoms. The highest BCUT2D eigenvalue weighted by atomic mass is 79.9. The molecule has 6 nitrogen and oxygen atoms in total. The van der Waals surface area contributed by atoms with Gasteiger partial charge < -0.3 is 14.8 Å². The molecule has 0 radical (unpaired) electrons. The minimum absolute atomic E-state index is 0. The van der Waals surface area contributed by atoms with Gasteiger partial charge in [0.2, 0.25) is 0 Å². The van der Waals surface area contributed by atoms with Crippen molar-refractivity contribution in [3.8, 4) is 11.5 Å². The lowest BCUT2D eigenvalue weighted by Gasteiger charge is -2.27. The first-order valence-electron chi connectivity index (χ1n) is 10.6. The van der Waals surface area contributed by atoms with Crippen molar-refractivity contribution in [2.24, 2.45) is 0 Å². The molecule has 0 amide bonds. The lowest BCUT2D eigenvalue weighted by atomic mass is 10.00. The third-order valence-electron chi connectivity index (χ3n) is 5.44. The average molecular weight is 571 g/mol. The zero-order valence-electron chi connectivity index (χ0n) is 20.0. The molecule has 0 unspecified atom stereocenters. The topological polar surface area (TPSA) is 67.9 Å². The second kappa shape index (κ2) is 12.3. The van der Waals surface area contributed by atoms with E-state index in [0.717, 1.165) is 5.56 Å². The van der Waals surface area contributed by atoms with E-state index < -0.39 is 21.7 Å². The first-order valence-corrected chi connectivity index (χ1v) is 12.1. The second-order valence-corrected chi connectivity index (χ2v) is 9.57. The Hall–Kier alpha value is -2.69. The molecule has 190 valence electrons. The van der Waals surface area contributed by atoms with E-state index in [-0.39, 0.29) is 46.2 Å². The quantitative estimate of drug-likeness (QED) is 0.376. The van der Waals surface area contributed by atoms with Crippen LogP contribution in [0.5, 0.6) is 11.5 Å². The first kappa shape index (κ1) is 28.5. The average Bonchev–Trinajstić information content (AvgIpc) is 2.82. The predicted molar refractivity (Wildman–Crippen MR) is 139 cm³/mol. The lowest BCUT2D eigenvalue weighted by molar-refractivity contribution is 0.354. The van der Waals surface area contributed by atoms with E-state index >= 15 is 0 Å². The molecule has 3 aromatic carbocycles. The number of halogens is 3. The maximum atomic E-state index is 14.4. The number of aryl methyl sites for hydroxylation is 1. The molecular formula is C25H29BrF2N2O4S.